The first kappa shape index (κ1) is 12.6. The van der Waals surface area contributed by atoms with Crippen molar-refractivity contribution in [3.63, 3.8) is 0 Å². The van der Waals surface area contributed by atoms with Gasteiger partial charge in [0.1, 0.15) is 5.75 Å². The van der Waals surface area contributed by atoms with E-state index in [0.717, 1.165) is 0 Å². The van der Waals surface area contributed by atoms with Crippen LogP contribution in [0.1, 0.15) is 30.1 Å². The number of ketones is 1. The number of nitrogens with zero attached hydrogens (tertiary/aromatic N) is 1. The number of rotatable bonds is 6. The molecule has 1 atom stereocenters. The molecule has 0 aromatic carbocycles. The SMILES string of the molecule is COc1cncc(C(=O)CCC(C)OC)c1. The molecule has 4 nitrogen and oxygen atoms in total. The summed E-state index contributed by atoms with van der Waals surface area (Å²) in [4.78, 5) is 15.7. The second kappa shape index (κ2) is 6.23. The molecule has 0 aliphatic carbocycles. The van der Waals surface area contributed by atoms with Crippen molar-refractivity contribution < 1.29 is 14.3 Å². The highest BCUT2D eigenvalue weighted by atomic mass is 16.5. The third-order valence-corrected chi connectivity index (χ3v) is 2.45. The Kier molecular flexibility index (Phi) is 4.92. The van der Waals surface area contributed by atoms with Crippen molar-refractivity contribution in [1.29, 1.82) is 0 Å². The van der Waals surface area contributed by atoms with Crippen LogP contribution in [0.25, 0.3) is 0 Å². The average molecular weight is 223 g/mol. The van der Waals surface area contributed by atoms with E-state index in [2.05, 4.69) is 4.98 Å². The Morgan fingerprint density at radius 3 is 2.81 bits per heavy atom. The number of carbonyl (C=O) groups is 1. The summed E-state index contributed by atoms with van der Waals surface area (Å²) >= 11 is 0. The van der Waals surface area contributed by atoms with E-state index >= 15 is 0 Å². The van der Waals surface area contributed by atoms with Crippen molar-refractivity contribution >= 4 is 5.78 Å². The Bertz CT molecular complexity index is 352. The molecule has 0 N–H and O–H groups in total. The summed E-state index contributed by atoms with van der Waals surface area (Å²) in [7, 11) is 3.19. The van der Waals surface area contributed by atoms with Gasteiger partial charge in [-0.2, -0.15) is 0 Å². The maximum atomic E-state index is 11.8. The summed E-state index contributed by atoms with van der Waals surface area (Å²) in [5.74, 6) is 0.668. The fourth-order valence-electron chi connectivity index (χ4n) is 1.28. The molecule has 4 heteroatoms. The summed E-state index contributed by atoms with van der Waals surface area (Å²) in [5.41, 5.74) is 0.586. The lowest BCUT2D eigenvalue weighted by molar-refractivity contribution is 0.0877. The van der Waals surface area contributed by atoms with Gasteiger partial charge in [0.05, 0.1) is 19.4 Å². The number of ether oxygens (including phenoxy) is 2. The van der Waals surface area contributed by atoms with Crippen molar-refractivity contribution in [3.8, 4) is 5.75 Å². The minimum atomic E-state index is 0.0651. The molecule has 88 valence electrons. The standard InChI is InChI=1S/C12H17NO3/c1-9(15-2)4-5-12(14)10-6-11(16-3)8-13-7-10/h6-9H,4-5H2,1-3H3. The zero-order valence-corrected chi connectivity index (χ0v) is 9.90. The minimum Gasteiger partial charge on any atom is -0.495 e. The van der Waals surface area contributed by atoms with Gasteiger partial charge in [0.25, 0.3) is 0 Å². The van der Waals surface area contributed by atoms with Crippen molar-refractivity contribution in [1.82, 2.24) is 4.98 Å². The van der Waals surface area contributed by atoms with E-state index in [-0.39, 0.29) is 11.9 Å². The fraction of sp³-hybridized carbons (Fsp3) is 0.500. The zero-order valence-electron chi connectivity index (χ0n) is 9.90. The topological polar surface area (TPSA) is 48.4 Å². The Morgan fingerprint density at radius 2 is 2.19 bits per heavy atom. The number of carbonyl (C=O) groups excluding carboxylic acids is 1. The van der Waals surface area contributed by atoms with Gasteiger partial charge in [-0.05, 0) is 19.4 Å². The molecule has 0 aliphatic heterocycles. The molecule has 0 aliphatic rings. The highest BCUT2D eigenvalue weighted by molar-refractivity contribution is 5.96. The second-order valence-electron chi connectivity index (χ2n) is 3.62. The molecule has 0 spiro atoms. The van der Waals surface area contributed by atoms with Gasteiger partial charge in [-0.25, -0.2) is 0 Å². The predicted molar refractivity (Wildman–Crippen MR) is 60.8 cm³/mol. The number of pyridine rings is 1. The predicted octanol–water partition coefficient (Wildman–Crippen LogP) is 2.09. The lowest BCUT2D eigenvalue weighted by atomic mass is 10.1. The van der Waals surface area contributed by atoms with Crippen LogP contribution in [0.4, 0.5) is 0 Å². The first-order valence-corrected chi connectivity index (χ1v) is 5.22. The van der Waals surface area contributed by atoms with E-state index in [1.165, 1.54) is 0 Å². The van der Waals surface area contributed by atoms with Crippen molar-refractivity contribution in [2.75, 3.05) is 14.2 Å². The smallest absolute Gasteiger partial charge is 0.164 e. The molecule has 0 saturated heterocycles. The minimum absolute atomic E-state index is 0.0651. The molecule has 0 amide bonds. The highest BCUT2D eigenvalue weighted by Gasteiger charge is 2.09. The number of methoxy groups -OCH3 is 2. The third-order valence-electron chi connectivity index (χ3n) is 2.45. The van der Waals surface area contributed by atoms with E-state index in [1.807, 2.05) is 6.92 Å². The van der Waals surface area contributed by atoms with Gasteiger partial charge in [0.2, 0.25) is 0 Å². The van der Waals surface area contributed by atoms with Crippen LogP contribution in [0.2, 0.25) is 0 Å². The van der Waals surface area contributed by atoms with Crippen molar-refractivity contribution in [2.45, 2.75) is 25.9 Å². The normalized spacial score (nSPS) is 12.2. The molecule has 0 radical (unpaired) electrons. The van der Waals surface area contributed by atoms with Crippen LogP contribution < -0.4 is 4.74 Å². The van der Waals surface area contributed by atoms with Gasteiger partial charge < -0.3 is 9.47 Å². The Balaban J connectivity index is 2.58. The monoisotopic (exact) mass is 223 g/mol. The van der Waals surface area contributed by atoms with Crippen LogP contribution in [0.15, 0.2) is 18.5 Å². The van der Waals surface area contributed by atoms with Crippen LogP contribution in [-0.4, -0.2) is 31.1 Å². The van der Waals surface area contributed by atoms with Crippen molar-refractivity contribution in [3.05, 3.63) is 24.0 Å². The molecule has 0 saturated carbocycles. The lowest BCUT2D eigenvalue weighted by Crippen LogP contribution is -2.09. The van der Waals surface area contributed by atoms with Crippen LogP contribution >= 0.6 is 0 Å². The number of hydrogen-bond acceptors (Lipinski definition) is 4. The van der Waals surface area contributed by atoms with E-state index in [1.54, 1.807) is 32.7 Å². The summed E-state index contributed by atoms with van der Waals surface area (Å²) in [6, 6.07) is 1.70. The molecule has 16 heavy (non-hydrogen) atoms. The third kappa shape index (κ3) is 3.62. The summed E-state index contributed by atoms with van der Waals surface area (Å²) < 4.78 is 10.1. The molecular formula is C12H17NO3. The van der Waals surface area contributed by atoms with Gasteiger partial charge in [-0.15, -0.1) is 0 Å². The molecule has 1 unspecified atom stereocenters. The van der Waals surface area contributed by atoms with E-state index in [9.17, 15) is 4.79 Å². The highest BCUT2D eigenvalue weighted by Crippen LogP contribution is 2.13. The summed E-state index contributed by atoms with van der Waals surface area (Å²) in [6.07, 6.45) is 4.41. The first-order chi connectivity index (χ1) is 7.67. The lowest BCUT2D eigenvalue weighted by Gasteiger charge is -2.08. The molecule has 1 aromatic rings. The maximum Gasteiger partial charge on any atom is 0.164 e. The number of hydrogen-bond donors (Lipinski definition) is 0. The quantitative estimate of drug-likeness (QED) is 0.693. The maximum absolute atomic E-state index is 11.8. The Hall–Kier alpha value is -1.42. The Labute approximate surface area is 95.6 Å². The fourth-order valence-corrected chi connectivity index (χ4v) is 1.28. The van der Waals surface area contributed by atoms with Crippen LogP contribution in [0.3, 0.4) is 0 Å². The average Bonchev–Trinajstić information content (AvgIpc) is 2.35. The molecule has 0 bridgehead atoms. The van der Waals surface area contributed by atoms with Crippen LogP contribution in [0.5, 0.6) is 5.75 Å². The molecule has 0 fully saturated rings. The van der Waals surface area contributed by atoms with E-state index < -0.39 is 0 Å². The largest absolute Gasteiger partial charge is 0.495 e. The number of aromatic nitrogens is 1. The molecular weight excluding hydrogens is 206 g/mol. The van der Waals surface area contributed by atoms with Crippen LogP contribution in [-0.2, 0) is 4.74 Å². The first-order valence-electron chi connectivity index (χ1n) is 5.22. The van der Waals surface area contributed by atoms with E-state index in [0.29, 0.717) is 24.2 Å². The van der Waals surface area contributed by atoms with Gasteiger partial charge in [0, 0.05) is 25.3 Å². The summed E-state index contributed by atoms with van der Waals surface area (Å²) in [5, 5.41) is 0. The second-order valence-corrected chi connectivity index (χ2v) is 3.62. The summed E-state index contributed by atoms with van der Waals surface area (Å²) in [6.45, 7) is 1.94. The van der Waals surface area contributed by atoms with E-state index in [4.69, 9.17) is 9.47 Å². The van der Waals surface area contributed by atoms with Crippen LogP contribution in [0, 0.1) is 0 Å². The molecule has 1 heterocycles. The molecule has 1 rings (SSSR count). The van der Waals surface area contributed by atoms with Gasteiger partial charge in [0.15, 0.2) is 5.78 Å². The van der Waals surface area contributed by atoms with Crippen molar-refractivity contribution in [2.24, 2.45) is 0 Å². The Morgan fingerprint density at radius 1 is 1.44 bits per heavy atom. The zero-order chi connectivity index (χ0) is 12.0. The molecule has 1 aromatic heterocycles. The van der Waals surface area contributed by atoms with Gasteiger partial charge in [-0.1, -0.05) is 0 Å². The van der Waals surface area contributed by atoms with Gasteiger partial charge in [-0.3, -0.25) is 9.78 Å². The van der Waals surface area contributed by atoms with Gasteiger partial charge >= 0.3 is 0 Å². The number of Topliss-reactive ketones (excluding diaryl/α,β-unsaturated/α-hetero) is 1.